The molecular weight excluding hydrogens is 330 g/mol. The number of carbonyl (C=O) groups excluding carboxylic acids is 1. The lowest BCUT2D eigenvalue weighted by Gasteiger charge is -2.33. The molecule has 7 heteroatoms. The Morgan fingerprint density at radius 1 is 1.15 bits per heavy atom. The molecule has 7 nitrogen and oxygen atoms in total. The fourth-order valence-corrected chi connectivity index (χ4v) is 2.89. The van der Waals surface area contributed by atoms with E-state index in [1.54, 1.807) is 12.0 Å². The van der Waals surface area contributed by atoms with Crippen molar-refractivity contribution in [3.8, 4) is 11.4 Å². The molecule has 0 aliphatic carbocycles. The van der Waals surface area contributed by atoms with Gasteiger partial charge >= 0.3 is 0 Å². The van der Waals surface area contributed by atoms with Crippen molar-refractivity contribution in [1.29, 1.82) is 0 Å². The van der Waals surface area contributed by atoms with Crippen LogP contribution in [0.1, 0.15) is 6.42 Å². The van der Waals surface area contributed by atoms with Gasteiger partial charge in [-0.3, -0.25) is 4.79 Å². The molecule has 1 aromatic heterocycles. The minimum Gasteiger partial charge on any atom is -0.385 e. The van der Waals surface area contributed by atoms with Crippen LogP contribution in [0.5, 0.6) is 0 Å². The van der Waals surface area contributed by atoms with Gasteiger partial charge in [-0.15, -0.1) is 0 Å². The molecule has 0 spiro atoms. The van der Waals surface area contributed by atoms with Crippen molar-refractivity contribution in [2.24, 2.45) is 0 Å². The van der Waals surface area contributed by atoms with Gasteiger partial charge in [0.05, 0.1) is 0 Å². The van der Waals surface area contributed by atoms with Gasteiger partial charge in [0.25, 0.3) is 0 Å². The van der Waals surface area contributed by atoms with Gasteiger partial charge in [0, 0.05) is 58.1 Å². The number of anilines is 2. The van der Waals surface area contributed by atoms with Crippen molar-refractivity contribution >= 4 is 18.0 Å². The van der Waals surface area contributed by atoms with E-state index in [2.05, 4.69) is 15.2 Å². The van der Waals surface area contributed by atoms with Gasteiger partial charge in [0.1, 0.15) is 11.6 Å². The summed E-state index contributed by atoms with van der Waals surface area (Å²) in [5.74, 6) is 2.40. The number of amides is 1. The van der Waals surface area contributed by atoms with Gasteiger partial charge < -0.3 is 19.9 Å². The van der Waals surface area contributed by atoms with E-state index in [0.29, 0.717) is 25.5 Å². The quantitative estimate of drug-likeness (QED) is 0.576. The highest BCUT2D eigenvalue weighted by molar-refractivity contribution is 5.62. The van der Waals surface area contributed by atoms with Crippen LogP contribution in [0.4, 0.5) is 11.6 Å². The first-order chi connectivity index (χ1) is 12.8. The summed E-state index contributed by atoms with van der Waals surface area (Å²) in [7, 11) is 1.70. The maximum Gasteiger partial charge on any atom is 0.209 e. The van der Waals surface area contributed by atoms with Crippen molar-refractivity contribution in [2.75, 3.05) is 56.7 Å². The highest BCUT2D eigenvalue weighted by atomic mass is 16.5. The largest absolute Gasteiger partial charge is 0.385 e. The zero-order valence-electron chi connectivity index (χ0n) is 15.1. The zero-order valence-corrected chi connectivity index (χ0v) is 15.1. The smallest absolute Gasteiger partial charge is 0.209 e. The molecule has 0 radical (unpaired) electrons. The maximum absolute atomic E-state index is 10.9. The molecule has 138 valence electrons. The highest BCUT2D eigenvalue weighted by Crippen LogP contribution is 2.23. The molecule has 3 rings (SSSR count). The van der Waals surface area contributed by atoms with E-state index < -0.39 is 0 Å². The van der Waals surface area contributed by atoms with Crippen LogP contribution in [0, 0.1) is 0 Å². The Labute approximate surface area is 154 Å². The maximum atomic E-state index is 10.9. The molecule has 0 bridgehead atoms. The van der Waals surface area contributed by atoms with Gasteiger partial charge in [-0.1, -0.05) is 30.3 Å². The van der Waals surface area contributed by atoms with E-state index in [1.807, 2.05) is 36.4 Å². The number of aromatic nitrogens is 2. The Morgan fingerprint density at radius 2 is 1.92 bits per heavy atom. The number of ether oxygens (including phenoxy) is 1. The molecule has 1 aliphatic heterocycles. The number of benzene rings is 1. The predicted molar refractivity (Wildman–Crippen MR) is 102 cm³/mol. The Hall–Kier alpha value is -2.67. The van der Waals surface area contributed by atoms with E-state index in [-0.39, 0.29) is 0 Å². The number of piperazine rings is 1. The number of methoxy groups -OCH3 is 1. The van der Waals surface area contributed by atoms with Gasteiger partial charge in [0.2, 0.25) is 6.41 Å². The topological polar surface area (TPSA) is 70.6 Å². The van der Waals surface area contributed by atoms with Crippen LogP contribution >= 0.6 is 0 Å². The van der Waals surface area contributed by atoms with Crippen LogP contribution in [-0.4, -0.2) is 67.7 Å². The SMILES string of the molecule is COCCCNc1cc(N2CCN(C=O)CC2)nc(-c2ccccc2)n1. The van der Waals surface area contributed by atoms with Crippen molar-refractivity contribution in [2.45, 2.75) is 6.42 Å². The molecule has 0 unspecified atom stereocenters. The van der Waals surface area contributed by atoms with Gasteiger partial charge in [0.15, 0.2) is 5.82 Å². The Balaban J connectivity index is 1.81. The normalized spacial score (nSPS) is 14.3. The van der Waals surface area contributed by atoms with Crippen molar-refractivity contribution in [3.63, 3.8) is 0 Å². The monoisotopic (exact) mass is 355 g/mol. The van der Waals surface area contributed by atoms with Crippen LogP contribution in [-0.2, 0) is 9.53 Å². The van der Waals surface area contributed by atoms with E-state index in [9.17, 15) is 4.79 Å². The second-order valence-corrected chi connectivity index (χ2v) is 6.20. The third-order valence-corrected chi connectivity index (χ3v) is 4.36. The fraction of sp³-hybridized carbons (Fsp3) is 0.421. The second-order valence-electron chi connectivity index (χ2n) is 6.20. The summed E-state index contributed by atoms with van der Waals surface area (Å²) in [5.41, 5.74) is 0.987. The first kappa shape index (κ1) is 18.1. The van der Waals surface area contributed by atoms with Gasteiger partial charge in [-0.05, 0) is 6.42 Å². The third kappa shape index (κ3) is 4.70. The third-order valence-electron chi connectivity index (χ3n) is 4.36. The number of rotatable bonds is 8. The summed E-state index contributed by atoms with van der Waals surface area (Å²) in [4.78, 5) is 24.4. The summed E-state index contributed by atoms with van der Waals surface area (Å²) in [6.45, 7) is 4.47. The molecule has 1 saturated heterocycles. The Kier molecular flexibility index (Phi) is 6.38. The summed E-state index contributed by atoms with van der Waals surface area (Å²) < 4.78 is 5.10. The fourth-order valence-electron chi connectivity index (χ4n) is 2.89. The molecule has 1 aromatic carbocycles. The summed E-state index contributed by atoms with van der Waals surface area (Å²) in [6, 6.07) is 12.0. The first-order valence-electron chi connectivity index (χ1n) is 8.92. The molecule has 0 saturated carbocycles. The average molecular weight is 355 g/mol. The van der Waals surface area contributed by atoms with Crippen LogP contribution in [0.15, 0.2) is 36.4 Å². The summed E-state index contributed by atoms with van der Waals surface area (Å²) in [6.07, 6.45) is 1.82. The molecule has 2 aromatic rings. The minimum atomic E-state index is 0.704. The Bertz CT molecular complexity index is 702. The predicted octanol–water partition coefficient (Wildman–Crippen LogP) is 1.87. The lowest BCUT2D eigenvalue weighted by Crippen LogP contribution is -2.46. The van der Waals surface area contributed by atoms with E-state index >= 15 is 0 Å². The molecule has 1 fully saturated rings. The number of carbonyl (C=O) groups is 1. The number of nitrogens with zero attached hydrogens (tertiary/aromatic N) is 4. The van der Waals surface area contributed by atoms with E-state index in [4.69, 9.17) is 9.72 Å². The molecule has 2 heterocycles. The van der Waals surface area contributed by atoms with Crippen LogP contribution < -0.4 is 10.2 Å². The van der Waals surface area contributed by atoms with Crippen LogP contribution in [0.3, 0.4) is 0 Å². The van der Waals surface area contributed by atoms with Crippen LogP contribution in [0.2, 0.25) is 0 Å². The zero-order chi connectivity index (χ0) is 18.2. The second kappa shape index (κ2) is 9.15. The van der Waals surface area contributed by atoms with Gasteiger partial charge in [-0.25, -0.2) is 9.97 Å². The van der Waals surface area contributed by atoms with Crippen molar-refractivity contribution < 1.29 is 9.53 Å². The molecule has 1 amide bonds. The van der Waals surface area contributed by atoms with Gasteiger partial charge in [-0.2, -0.15) is 0 Å². The molecular formula is C19H25N5O2. The number of nitrogens with one attached hydrogen (secondary N) is 1. The van der Waals surface area contributed by atoms with Crippen molar-refractivity contribution in [3.05, 3.63) is 36.4 Å². The lowest BCUT2D eigenvalue weighted by molar-refractivity contribution is -0.118. The summed E-state index contributed by atoms with van der Waals surface area (Å²) >= 11 is 0. The first-order valence-corrected chi connectivity index (χ1v) is 8.92. The number of hydrogen-bond acceptors (Lipinski definition) is 6. The minimum absolute atomic E-state index is 0.704. The molecule has 0 atom stereocenters. The van der Waals surface area contributed by atoms with E-state index in [1.165, 1.54) is 0 Å². The standard InChI is InChI=1S/C19H25N5O2/c1-26-13-5-8-20-17-14-18(24-11-9-23(15-25)10-12-24)22-19(21-17)16-6-3-2-4-7-16/h2-4,6-7,14-15H,5,8-13H2,1H3,(H,20,21,22). The molecule has 26 heavy (non-hydrogen) atoms. The molecule has 1 N–H and O–H groups in total. The van der Waals surface area contributed by atoms with Crippen LogP contribution in [0.25, 0.3) is 11.4 Å². The van der Waals surface area contributed by atoms with Crippen molar-refractivity contribution in [1.82, 2.24) is 14.9 Å². The summed E-state index contributed by atoms with van der Waals surface area (Å²) in [5, 5.41) is 3.36. The lowest BCUT2D eigenvalue weighted by atomic mass is 10.2. The van der Waals surface area contributed by atoms with E-state index in [0.717, 1.165) is 49.7 Å². The molecule has 1 aliphatic rings. The Morgan fingerprint density at radius 3 is 2.62 bits per heavy atom. The number of hydrogen-bond donors (Lipinski definition) is 1. The average Bonchev–Trinajstić information content (AvgIpc) is 2.72. The highest BCUT2D eigenvalue weighted by Gasteiger charge is 2.18.